The lowest BCUT2D eigenvalue weighted by Crippen LogP contribution is -2.41. The molecule has 3 nitrogen and oxygen atoms in total. The average Bonchev–Trinajstić information content (AvgIpc) is 2.80. The normalized spacial score (nSPS) is 21.2. The number of hydrogen-bond acceptors (Lipinski definition) is 4. The molecule has 1 aromatic carbocycles. The Morgan fingerprint density at radius 3 is 2.37 bits per heavy atom. The average molecular weight is 275 g/mol. The summed E-state index contributed by atoms with van der Waals surface area (Å²) >= 11 is 1.66. The molecule has 3 rings (SSSR count). The van der Waals surface area contributed by atoms with Crippen LogP contribution in [-0.4, -0.2) is 23.3 Å². The van der Waals surface area contributed by atoms with Crippen molar-refractivity contribution in [1.29, 1.82) is 0 Å². The first-order valence-corrected chi connectivity index (χ1v) is 7.37. The van der Waals surface area contributed by atoms with Gasteiger partial charge in [-0.1, -0.05) is 0 Å². The molecule has 1 aliphatic rings. The van der Waals surface area contributed by atoms with Gasteiger partial charge in [0.05, 0.1) is 26.9 Å². The van der Waals surface area contributed by atoms with E-state index in [9.17, 15) is 0 Å². The molecule has 0 unspecified atom stereocenters. The summed E-state index contributed by atoms with van der Waals surface area (Å²) < 4.78 is 13.4. The molecule has 0 saturated carbocycles. The molecule has 0 N–H and O–H groups in total. The van der Waals surface area contributed by atoms with Crippen molar-refractivity contribution < 1.29 is 9.31 Å². The molecule has 1 aromatic heterocycles. The van der Waals surface area contributed by atoms with Crippen molar-refractivity contribution in [3.63, 3.8) is 0 Å². The van der Waals surface area contributed by atoms with Crippen LogP contribution < -0.4 is 5.46 Å². The van der Waals surface area contributed by atoms with Crippen LogP contribution in [0.4, 0.5) is 0 Å². The maximum Gasteiger partial charge on any atom is 0.495 e. The van der Waals surface area contributed by atoms with Crippen LogP contribution in [0.15, 0.2) is 17.6 Å². The zero-order valence-electron chi connectivity index (χ0n) is 12.0. The van der Waals surface area contributed by atoms with Gasteiger partial charge in [-0.25, -0.2) is 4.98 Å². The zero-order valence-corrected chi connectivity index (χ0v) is 12.8. The second-order valence-corrected chi connectivity index (χ2v) is 7.00. The fraction of sp³-hybridized carbons (Fsp3) is 0.500. The maximum absolute atomic E-state index is 6.11. The van der Waals surface area contributed by atoms with Crippen LogP contribution in [0.3, 0.4) is 0 Å². The van der Waals surface area contributed by atoms with E-state index in [2.05, 4.69) is 51.7 Å². The Balaban J connectivity index is 2.04. The Morgan fingerprint density at radius 2 is 1.74 bits per heavy atom. The van der Waals surface area contributed by atoms with E-state index in [0.29, 0.717) is 0 Å². The molecule has 2 heterocycles. The van der Waals surface area contributed by atoms with Gasteiger partial charge in [0.15, 0.2) is 0 Å². The first-order valence-electron chi connectivity index (χ1n) is 6.49. The van der Waals surface area contributed by atoms with Gasteiger partial charge < -0.3 is 9.31 Å². The minimum absolute atomic E-state index is 0.304. The lowest BCUT2D eigenvalue weighted by atomic mass is 9.76. The lowest BCUT2D eigenvalue weighted by Gasteiger charge is -2.32. The number of benzene rings is 1. The van der Waals surface area contributed by atoms with E-state index in [0.717, 1.165) is 11.0 Å². The van der Waals surface area contributed by atoms with Crippen molar-refractivity contribution in [2.24, 2.45) is 0 Å². The molecule has 19 heavy (non-hydrogen) atoms. The smallest absolute Gasteiger partial charge is 0.399 e. The summed E-state index contributed by atoms with van der Waals surface area (Å²) in [5.74, 6) is 0. The fourth-order valence-electron chi connectivity index (χ4n) is 2.25. The van der Waals surface area contributed by atoms with Crippen molar-refractivity contribution in [2.45, 2.75) is 45.8 Å². The second-order valence-electron chi connectivity index (χ2n) is 6.12. The lowest BCUT2D eigenvalue weighted by molar-refractivity contribution is 0.00578. The molecule has 0 spiro atoms. The molecule has 1 fully saturated rings. The van der Waals surface area contributed by atoms with Gasteiger partial charge in [0, 0.05) is 0 Å². The van der Waals surface area contributed by atoms with Crippen LogP contribution in [0.25, 0.3) is 10.2 Å². The predicted octanol–water partition coefficient (Wildman–Crippen LogP) is 2.90. The summed E-state index contributed by atoms with van der Waals surface area (Å²) in [5, 5.41) is 0. The summed E-state index contributed by atoms with van der Waals surface area (Å²) in [5.41, 5.74) is 4.55. The molecule has 100 valence electrons. The second kappa shape index (κ2) is 4.04. The summed E-state index contributed by atoms with van der Waals surface area (Å²) in [7, 11) is -0.309. The van der Waals surface area contributed by atoms with Gasteiger partial charge in [-0.3, -0.25) is 0 Å². The summed E-state index contributed by atoms with van der Waals surface area (Å²) in [6, 6.07) is 4.25. The van der Waals surface area contributed by atoms with E-state index in [1.165, 1.54) is 10.3 Å². The number of rotatable bonds is 1. The Labute approximate surface area is 118 Å². The monoisotopic (exact) mass is 275 g/mol. The summed E-state index contributed by atoms with van der Waals surface area (Å²) in [6.07, 6.45) is 0. The van der Waals surface area contributed by atoms with Crippen LogP contribution in [-0.2, 0) is 9.31 Å². The number of aromatic nitrogens is 1. The topological polar surface area (TPSA) is 31.4 Å². The first kappa shape index (κ1) is 13.1. The molecule has 0 bridgehead atoms. The third kappa shape index (κ3) is 2.00. The number of nitrogens with zero attached hydrogens (tertiary/aromatic N) is 1. The van der Waals surface area contributed by atoms with Gasteiger partial charge in [-0.15, -0.1) is 11.3 Å². The van der Waals surface area contributed by atoms with E-state index in [1.807, 2.05) is 5.51 Å². The number of fused-ring (bicyclic) bond motifs is 1. The Bertz CT molecular complexity index is 619. The Kier molecular flexibility index (Phi) is 2.79. The highest BCUT2D eigenvalue weighted by molar-refractivity contribution is 7.16. The number of hydrogen-bond donors (Lipinski definition) is 0. The minimum Gasteiger partial charge on any atom is -0.399 e. The Morgan fingerprint density at radius 1 is 1.11 bits per heavy atom. The standard InChI is InChI=1S/C14H18BNO2S/c1-9-6-12-11(16-8-19-12)7-10(9)15-17-13(2,3)14(4,5)18-15/h6-8H,1-5H3. The van der Waals surface area contributed by atoms with E-state index in [4.69, 9.17) is 9.31 Å². The van der Waals surface area contributed by atoms with Crippen molar-refractivity contribution in [1.82, 2.24) is 4.98 Å². The maximum atomic E-state index is 6.11. The highest BCUT2D eigenvalue weighted by atomic mass is 32.1. The first-order chi connectivity index (χ1) is 8.80. The van der Waals surface area contributed by atoms with Gasteiger partial charge in [0.2, 0.25) is 0 Å². The molecular formula is C14H18BNO2S. The summed E-state index contributed by atoms with van der Waals surface area (Å²) in [4.78, 5) is 4.37. The van der Waals surface area contributed by atoms with Gasteiger partial charge in [0.1, 0.15) is 0 Å². The molecule has 1 saturated heterocycles. The SMILES string of the molecule is Cc1cc2scnc2cc1B1OC(C)(C)C(C)(C)O1. The summed E-state index contributed by atoms with van der Waals surface area (Å²) in [6.45, 7) is 10.4. The molecule has 0 radical (unpaired) electrons. The zero-order chi connectivity index (χ0) is 13.8. The molecule has 0 aliphatic carbocycles. The van der Waals surface area contributed by atoms with Crippen LogP contribution in [0.1, 0.15) is 33.3 Å². The third-order valence-corrected chi connectivity index (χ3v) is 5.02. The third-order valence-electron chi connectivity index (χ3n) is 4.23. The molecule has 0 atom stereocenters. The fourth-order valence-corrected chi connectivity index (χ4v) is 3.00. The van der Waals surface area contributed by atoms with Crippen molar-refractivity contribution in [3.8, 4) is 0 Å². The minimum atomic E-state index is -0.309. The highest BCUT2D eigenvalue weighted by Crippen LogP contribution is 2.37. The molecule has 1 aliphatic heterocycles. The van der Waals surface area contributed by atoms with Crippen molar-refractivity contribution >= 4 is 34.1 Å². The van der Waals surface area contributed by atoms with Gasteiger partial charge in [0.25, 0.3) is 0 Å². The largest absolute Gasteiger partial charge is 0.495 e. The van der Waals surface area contributed by atoms with Crippen molar-refractivity contribution in [3.05, 3.63) is 23.2 Å². The van der Waals surface area contributed by atoms with E-state index < -0.39 is 0 Å². The van der Waals surface area contributed by atoms with Crippen LogP contribution >= 0.6 is 11.3 Å². The van der Waals surface area contributed by atoms with E-state index >= 15 is 0 Å². The predicted molar refractivity (Wildman–Crippen MR) is 80.1 cm³/mol. The van der Waals surface area contributed by atoms with Crippen LogP contribution in [0.5, 0.6) is 0 Å². The Hall–Kier alpha value is -0.905. The molecule has 0 amide bonds. The van der Waals surface area contributed by atoms with E-state index in [1.54, 1.807) is 11.3 Å². The van der Waals surface area contributed by atoms with Crippen LogP contribution in [0.2, 0.25) is 0 Å². The van der Waals surface area contributed by atoms with E-state index in [-0.39, 0.29) is 18.3 Å². The molecule has 2 aromatic rings. The molecular weight excluding hydrogens is 257 g/mol. The van der Waals surface area contributed by atoms with Crippen molar-refractivity contribution in [2.75, 3.05) is 0 Å². The highest BCUT2D eigenvalue weighted by Gasteiger charge is 2.52. The molecule has 5 heteroatoms. The van der Waals surface area contributed by atoms with Gasteiger partial charge in [-0.05, 0) is 57.8 Å². The van der Waals surface area contributed by atoms with Crippen LogP contribution in [0, 0.1) is 6.92 Å². The van der Waals surface area contributed by atoms with Gasteiger partial charge in [-0.2, -0.15) is 0 Å². The number of thiazole rings is 1. The van der Waals surface area contributed by atoms with Gasteiger partial charge >= 0.3 is 7.12 Å². The quantitative estimate of drug-likeness (QED) is 0.750. The number of aryl methyl sites for hydroxylation is 1.